The molecule has 0 unspecified atom stereocenters. The lowest BCUT2D eigenvalue weighted by Crippen LogP contribution is -2.34. The number of aromatic nitrogens is 2. The Morgan fingerprint density at radius 3 is 2.45 bits per heavy atom. The molecule has 0 aliphatic carbocycles. The second-order valence-corrected chi connectivity index (χ2v) is 5.03. The van der Waals surface area contributed by atoms with Gasteiger partial charge in [-0.3, -0.25) is 0 Å². The van der Waals surface area contributed by atoms with Gasteiger partial charge in [0.25, 0.3) is 0 Å². The average molecular weight is 332 g/mol. The molecular weight excluding hydrogens is 319 g/mol. The first-order chi connectivity index (χ1) is 10.3. The SMILES string of the molecule is CCN(Cc1ccc(Cl)cc1)C(=O)n1cc(C(F)(F)F)cn1. The molecule has 118 valence electrons. The quantitative estimate of drug-likeness (QED) is 0.851. The molecule has 0 saturated heterocycles. The third-order valence-corrected chi connectivity index (χ3v) is 3.30. The number of rotatable bonds is 3. The van der Waals surface area contributed by atoms with Gasteiger partial charge in [0, 0.05) is 24.3 Å². The number of alkyl halides is 3. The predicted octanol–water partition coefficient (Wildman–Crippen LogP) is 4.05. The fraction of sp³-hybridized carbons (Fsp3) is 0.286. The first kappa shape index (κ1) is 16.4. The van der Waals surface area contributed by atoms with Crippen LogP contribution in [-0.2, 0) is 12.7 Å². The minimum absolute atomic E-state index is 0.258. The van der Waals surface area contributed by atoms with Crippen molar-refractivity contribution in [2.75, 3.05) is 6.54 Å². The van der Waals surface area contributed by atoms with Crippen LogP contribution in [0, 0.1) is 0 Å². The number of amides is 1. The van der Waals surface area contributed by atoms with Gasteiger partial charge in [-0.05, 0) is 24.6 Å². The minimum Gasteiger partial charge on any atom is -0.319 e. The van der Waals surface area contributed by atoms with Crippen LogP contribution in [0.5, 0.6) is 0 Å². The molecule has 0 atom stereocenters. The molecule has 1 heterocycles. The number of hydrogen-bond acceptors (Lipinski definition) is 2. The van der Waals surface area contributed by atoms with E-state index in [1.54, 1.807) is 31.2 Å². The third kappa shape index (κ3) is 3.79. The van der Waals surface area contributed by atoms with Gasteiger partial charge in [0.2, 0.25) is 0 Å². The van der Waals surface area contributed by atoms with Gasteiger partial charge in [0.15, 0.2) is 0 Å². The Balaban J connectivity index is 2.15. The number of carbonyl (C=O) groups is 1. The highest BCUT2D eigenvalue weighted by atomic mass is 35.5. The van der Waals surface area contributed by atoms with E-state index >= 15 is 0 Å². The van der Waals surface area contributed by atoms with E-state index < -0.39 is 17.8 Å². The molecule has 4 nitrogen and oxygen atoms in total. The summed E-state index contributed by atoms with van der Waals surface area (Å²) in [6, 6.07) is 6.26. The molecular formula is C14H13ClF3N3O. The van der Waals surface area contributed by atoms with Gasteiger partial charge in [-0.15, -0.1) is 0 Å². The van der Waals surface area contributed by atoms with Gasteiger partial charge in [0.05, 0.1) is 11.8 Å². The molecule has 1 aromatic carbocycles. The van der Waals surface area contributed by atoms with Gasteiger partial charge in [-0.2, -0.15) is 23.0 Å². The van der Waals surface area contributed by atoms with E-state index in [0.717, 1.165) is 5.56 Å². The number of halogens is 4. The summed E-state index contributed by atoms with van der Waals surface area (Å²) in [5.74, 6) is 0. The molecule has 1 aromatic heterocycles. The molecule has 0 aliphatic heterocycles. The van der Waals surface area contributed by atoms with E-state index in [-0.39, 0.29) is 6.54 Å². The minimum atomic E-state index is -4.52. The zero-order chi connectivity index (χ0) is 16.3. The molecule has 8 heteroatoms. The molecule has 22 heavy (non-hydrogen) atoms. The van der Waals surface area contributed by atoms with E-state index in [9.17, 15) is 18.0 Å². The van der Waals surface area contributed by atoms with Crippen molar-refractivity contribution < 1.29 is 18.0 Å². The van der Waals surface area contributed by atoms with Crippen LogP contribution in [0.15, 0.2) is 36.7 Å². The maximum Gasteiger partial charge on any atom is 0.419 e. The summed E-state index contributed by atoms with van der Waals surface area (Å²) in [6.07, 6.45) is -3.20. The largest absolute Gasteiger partial charge is 0.419 e. The van der Waals surface area contributed by atoms with Crippen LogP contribution in [0.2, 0.25) is 5.02 Å². The predicted molar refractivity (Wildman–Crippen MR) is 75.6 cm³/mol. The third-order valence-electron chi connectivity index (χ3n) is 3.04. The molecule has 0 aliphatic rings. The molecule has 0 radical (unpaired) electrons. The zero-order valence-electron chi connectivity index (χ0n) is 11.6. The van der Waals surface area contributed by atoms with Gasteiger partial charge < -0.3 is 4.90 Å². The Morgan fingerprint density at radius 2 is 1.95 bits per heavy atom. The number of hydrogen-bond donors (Lipinski definition) is 0. The van der Waals surface area contributed by atoms with Crippen LogP contribution in [0.25, 0.3) is 0 Å². The monoisotopic (exact) mass is 331 g/mol. The first-order valence-corrected chi connectivity index (χ1v) is 6.84. The molecule has 0 N–H and O–H groups in total. The van der Waals surface area contributed by atoms with Crippen LogP contribution in [-0.4, -0.2) is 27.3 Å². The maximum atomic E-state index is 12.5. The van der Waals surface area contributed by atoms with Crippen molar-refractivity contribution >= 4 is 17.6 Å². The van der Waals surface area contributed by atoms with Crippen LogP contribution < -0.4 is 0 Å². The Hall–Kier alpha value is -2.02. The highest BCUT2D eigenvalue weighted by molar-refractivity contribution is 6.30. The molecule has 1 amide bonds. The van der Waals surface area contributed by atoms with E-state index in [0.29, 0.717) is 28.6 Å². The summed E-state index contributed by atoms with van der Waals surface area (Å²) in [5.41, 5.74) is -0.133. The normalized spacial score (nSPS) is 11.5. The fourth-order valence-electron chi connectivity index (χ4n) is 1.84. The lowest BCUT2D eigenvalue weighted by atomic mass is 10.2. The van der Waals surface area contributed by atoms with Crippen molar-refractivity contribution in [2.45, 2.75) is 19.6 Å². The fourth-order valence-corrected chi connectivity index (χ4v) is 1.97. The Bertz CT molecular complexity index is 652. The summed E-state index contributed by atoms with van der Waals surface area (Å²) in [5, 5.41) is 4.06. The van der Waals surface area contributed by atoms with Crippen LogP contribution >= 0.6 is 11.6 Å². The van der Waals surface area contributed by atoms with Crippen molar-refractivity contribution in [1.29, 1.82) is 0 Å². The van der Waals surface area contributed by atoms with Crippen LogP contribution in [0.3, 0.4) is 0 Å². The number of nitrogens with zero attached hydrogens (tertiary/aromatic N) is 3. The van der Waals surface area contributed by atoms with E-state index in [1.165, 1.54) is 4.90 Å². The molecule has 0 bridgehead atoms. The number of carbonyl (C=O) groups excluding carboxylic acids is 1. The van der Waals surface area contributed by atoms with Crippen LogP contribution in [0.1, 0.15) is 18.1 Å². The Kier molecular flexibility index (Phi) is 4.75. The highest BCUT2D eigenvalue weighted by Crippen LogP contribution is 2.28. The van der Waals surface area contributed by atoms with Crippen molar-refractivity contribution in [2.24, 2.45) is 0 Å². The second kappa shape index (κ2) is 6.39. The summed E-state index contributed by atoms with van der Waals surface area (Å²) in [4.78, 5) is 13.6. The van der Waals surface area contributed by atoms with E-state index in [1.807, 2.05) is 0 Å². The van der Waals surface area contributed by atoms with Crippen molar-refractivity contribution in [3.63, 3.8) is 0 Å². The van der Waals surface area contributed by atoms with Crippen molar-refractivity contribution in [1.82, 2.24) is 14.7 Å². The van der Waals surface area contributed by atoms with Crippen molar-refractivity contribution in [3.8, 4) is 0 Å². The summed E-state index contributed by atoms with van der Waals surface area (Å²) < 4.78 is 38.3. The standard InChI is InChI=1S/C14H13ClF3N3O/c1-2-20(8-10-3-5-12(15)6-4-10)13(22)21-9-11(7-19-21)14(16,17)18/h3-7,9H,2,8H2,1H3. The molecule has 2 aromatic rings. The van der Waals surface area contributed by atoms with Gasteiger partial charge in [-0.1, -0.05) is 23.7 Å². The summed E-state index contributed by atoms with van der Waals surface area (Å²) in [7, 11) is 0. The highest BCUT2D eigenvalue weighted by Gasteiger charge is 2.33. The van der Waals surface area contributed by atoms with Gasteiger partial charge in [-0.25, -0.2) is 4.79 Å². The first-order valence-electron chi connectivity index (χ1n) is 6.47. The van der Waals surface area contributed by atoms with Gasteiger partial charge in [0.1, 0.15) is 0 Å². The molecule has 0 saturated carbocycles. The van der Waals surface area contributed by atoms with E-state index in [4.69, 9.17) is 11.6 Å². The Labute approximate surface area is 130 Å². The molecule has 0 spiro atoms. The summed E-state index contributed by atoms with van der Waals surface area (Å²) >= 11 is 5.78. The molecule has 0 fully saturated rings. The second-order valence-electron chi connectivity index (χ2n) is 4.59. The van der Waals surface area contributed by atoms with Crippen molar-refractivity contribution in [3.05, 3.63) is 52.8 Å². The van der Waals surface area contributed by atoms with Crippen LogP contribution in [0.4, 0.5) is 18.0 Å². The lowest BCUT2D eigenvalue weighted by molar-refractivity contribution is -0.137. The average Bonchev–Trinajstić information content (AvgIpc) is 2.96. The lowest BCUT2D eigenvalue weighted by Gasteiger charge is -2.20. The van der Waals surface area contributed by atoms with E-state index in [2.05, 4.69) is 5.10 Å². The summed E-state index contributed by atoms with van der Waals surface area (Å²) in [6.45, 7) is 2.33. The maximum absolute atomic E-state index is 12.5. The Morgan fingerprint density at radius 1 is 1.32 bits per heavy atom. The number of benzene rings is 1. The zero-order valence-corrected chi connectivity index (χ0v) is 12.4. The molecule has 2 rings (SSSR count). The smallest absolute Gasteiger partial charge is 0.319 e. The topological polar surface area (TPSA) is 38.1 Å². The van der Waals surface area contributed by atoms with Gasteiger partial charge >= 0.3 is 12.2 Å².